The molecule has 1 aliphatic heterocycles. The Bertz CT molecular complexity index is 926. The van der Waals surface area contributed by atoms with E-state index in [9.17, 15) is 24.3 Å². The molecule has 2 rings (SSSR count). The molecule has 0 aromatic heterocycles. The second-order valence-corrected chi connectivity index (χ2v) is 10.2. The predicted molar refractivity (Wildman–Crippen MR) is 133 cm³/mol. The maximum absolute atomic E-state index is 13.5. The molecule has 1 aromatic carbocycles. The largest absolute Gasteiger partial charge is 0.508 e. The van der Waals surface area contributed by atoms with Crippen LogP contribution in [0, 0.1) is 5.92 Å². The van der Waals surface area contributed by atoms with Gasteiger partial charge in [0.05, 0.1) is 7.11 Å². The smallest absolute Gasteiger partial charge is 0.408 e. The molecule has 0 spiro atoms. The summed E-state index contributed by atoms with van der Waals surface area (Å²) >= 11 is 0. The molecule has 1 aliphatic rings. The van der Waals surface area contributed by atoms with Crippen LogP contribution >= 0.6 is 0 Å². The second-order valence-electron chi connectivity index (χ2n) is 10.2. The number of ether oxygens (including phenoxy) is 2. The van der Waals surface area contributed by atoms with E-state index in [2.05, 4.69) is 10.6 Å². The number of esters is 1. The van der Waals surface area contributed by atoms with Crippen LogP contribution < -0.4 is 10.6 Å². The highest BCUT2D eigenvalue weighted by Crippen LogP contribution is 2.22. The fourth-order valence-electron chi connectivity index (χ4n) is 4.07. The van der Waals surface area contributed by atoms with Crippen LogP contribution in [0.15, 0.2) is 24.3 Å². The fraction of sp³-hybridized carbons (Fsp3) is 0.615. The molecule has 36 heavy (non-hydrogen) atoms. The van der Waals surface area contributed by atoms with Gasteiger partial charge >= 0.3 is 12.1 Å². The average Bonchev–Trinajstić information content (AvgIpc) is 3.31. The van der Waals surface area contributed by atoms with Gasteiger partial charge in [0.15, 0.2) is 0 Å². The van der Waals surface area contributed by atoms with E-state index in [4.69, 9.17) is 9.47 Å². The summed E-state index contributed by atoms with van der Waals surface area (Å²) in [4.78, 5) is 53.0. The maximum Gasteiger partial charge on any atom is 0.408 e. The molecule has 200 valence electrons. The zero-order valence-corrected chi connectivity index (χ0v) is 22.0. The average molecular weight is 506 g/mol. The topological polar surface area (TPSA) is 134 Å². The number of carbonyl (C=O) groups excluding carboxylic acids is 4. The van der Waals surface area contributed by atoms with Crippen LogP contribution in [-0.4, -0.2) is 71.3 Å². The Morgan fingerprint density at radius 3 is 2.33 bits per heavy atom. The first kappa shape index (κ1) is 28.9. The van der Waals surface area contributed by atoms with Gasteiger partial charge in [0.1, 0.15) is 29.5 Å². The quantitative estimate of drug-likeness (QED) is 0.439. The minimum Gasteiger partial charge on any atom is -0.508 e. The number of hydrogen-bond donors (Lipinski definition) is 3. The van der Waals surface area contributed by atoms with Crippen molar-refractivity contribution >= 4 is 23.9 Å². The first-order valence-electron chi connectivity index (χ1n) is 12.3. The van der Waals surface area contributed by atoms with E-state index >= 15 is 0 Å². The lowest BCUT2D eigenvalue weighted by Gasteiger charge is -2.32. The molecule has 10 heteroatoms. The summed E-state index contributed by atoms with van der Waals surface area (Å²) in [5.74, 6) is -1.53. The normalized spacial score (nSPS) is 18.1. The van der Waals surface area contributed by atoms with E-state index in [1.165, 1.54) is 24.1 Å². The molecule has 1 saturated heterocycles. The summed E-state index contributed by atoms with van der Waals surface area (Å²) in [6.07, 6.45) is 1.15. The summed E-state index contributed by atoms with van der Waals surface area (Å²) in [5, 5.41) is 14.9. The highest BCUT2D eigenvalue weighted by Gasteiger charge is 2.40. The van der Waals surface area contributed by atoms with Crippen molar-refractivity contribution in [2.24, 2.45) is 5.92 Å². The number of alkyl carbamates (subject to hydrolysis) is 1. The van der Waals surface area contributed by atoms with Gasteiger partial charge in [0.25, 0.3) is 0 Å². The summed E-state index contributed by atoms with van der Waals surface area (Å²) in [5.41, 5.74) is 0.00472. The van der Waals surface area contributed by atoms with Crippen molar-refractivity contribution in [1.82, 2.24) is 15.5 Å². The number of aromatic hydroxyl groups is 1. The lowest BCUT2D eigenvalue weighted by Crippen LogP contribution is -2.57. The Hall–Kier alpha value is -3.30. The molecule has 0 bridgehead atoms. The van der Waals surface area contributed by atoms with Gasteiger partial charge in [-0.3, -0.25) is 9.59 Å². The molecule has 3 N–H and O–H groups in total. The van der Waals surface area contributed by atoms with Crippen LogP contribution in [0.5, 0.6) is 5.75 Å². The third-order valence-electron chi connectivity index (χ3n) is 6.17. The Morgan fingerprint density at radius 1 is 1.14 bits per heavy atom. The molecular weight excluding hydrogens is 466 g/mol. The summed E-state index contributed by atoms with van der Waals surface area (Å²) in [6.45, 7) is 9.35. The minimum absolute atomic E-state index is 0.0911. The number of phenolic OH excluding ortho intramolecular Hbond substituents is 1. The van der Waals surface area contributed by atoms with Crippen LogP contribution in [0.3, 0.4) is 0 Å². The van der Waals surface area contributed by atoms with Crippen LogP contribution in [0.1, 0.15) is 59.4 Å². The maximum atomic E-state index is 13.5. The molecule has 1 aromatic rings. The number of benzene rings is 1. The van der Waals surface area contributed by atoms with Gasteiger partial charge in [-0.15, -0.1) is 0 Å². The highest BCUT2D eigenvalue weighted by atomic mass is 16.6. The SMILES string of the molecule is CC[C@H](C)[C@H](NC(=O)OC(C)(C)C)C(=O)N1CCC[C@H]1C(=O)N[C@@H](Cc1ccc(O)cc1)C(=O)OC. The molecule has 4 atom stereocenters. The van der Waals surface area contributed by atoms with Crippen molar-refractivity contribution in [1.29, 1.82) is 0 Å². The molecule has 0 saturated carbocycles. The van der Waals surface area contributed by atoms with E-state index in [1.54, 1.807) is 32.9 Å². The van der Waals surface area contributed by atoms with Crippen molar-refractivity contribution < 1.29 is 33.8 Å². The Kier molecular flexibility index (Phi) is 10.1. The third kappa shape index (κ3) is 8.13. The number of nitrogens with one attached hydrogen (secondary N) is 2. The van der Waals surface area contributed by atoms with Crippen molar-refractivity contribution in [3.8, 4) is 5.75 Å². The monoisotopic (exact) mass is 505 g/mol. The lowest BCUT2D eigenvalue weighted by molar-refractivity contribution is -0.146. The third-order valence-corrected chi connectivity index (χ3v) is 6.17. The van der Waals surface area contributed by atoms with Crippen LogP contribution in [0.2, 0.25) is 0 Å². The van der Waals surface area contributed by atoms with Crippen LogP contribution in [0.4, 0.5) is 4.79 Å². The highest BCUT2D eigenvalue weighted by molar-refractivity contribution is 5.93. The van der Waals surface area contributed by atoms with Gasteiger partial charge in [-0.2, -0.15) is 0 Å². The van der Waals surface area contributed by atoms with Crippen molar-refractivity contribution in [3.63, 3.8) is 0 Å². The van der Waals surface area contributed by atoms with Gasteiger partial charge in [-0.05, 0) is 57.2 Å². The first-order valence-corrected chi connectivity index (χ1v) is 12.3. The number of phenols is 1. The Labute approximate surface area is 212 Å². The van der Waals surface area contributed by atoms with Gasteiger partial charge in [-0.25, -0.2) is 9.59 Å². The fourth-order valence-corrected chi connectivity index (χ4v) is 4.07. The van der Waals surface area contributed by atoms with E-state index < -0.39 is 41.7 Å². The number of methoxy groups -OCH3 is 1. The van der Waals surface area contributed by atoms with Gasteiger partial charge in [0.2, 0.25) is 11.8 Å². The summed E-state index contributed by atoms with van der Waals surface area (Å²) in [7, 11) is 1.24. The first-order chi connectivity index (χ1) is 16.9. The van der Waals surface area contributed by atoms with E-state index in [-0.39, 0.29) is 24.0 Å². The predicted octanol–water partition coefficient (Wildman–Crippen LogP) is 2.52. The standard InChI is InChI=1S/C26H39N3O7/c1-7-16(2)21(28-25(34)36-26(3,4)5)23(32)29-14-8-9-20(29)22(31)27-19(24(33)35-6)15-17-10-12-18(30)13-11-17/h10-13,16,19-21,30H,7-9,14-15H2,1-6H3,(H,27,31)(H,28,34)/t16-,19-,20-,21-/m0/s1. The molecule has 10 nitrogen and oxygen atoms in total. The lowest BCUT2D eigenvalue weighted by atomic mass is 9.97. The van der Waals surface area contributed by atoms with E-state index in [0.717, 1.165) is 5.56 Å². The molecule has 1 heterocycles. The van der Waals surface area contributed by atoms with Gasteiger partial charge in [0, 0.05) is 13.0 Å². The minimum atomic E-state index is -0.963. The molecule has 0 radical (unpaired) electrons. The molecule has 0 unspecified atom stereocenters. The number of nitrogens with zero attached hydrogens (tertiary/aromatic N) is 1. The van der Waals surface area contributed by atoms with E-state index in [1.807, 2.05) is 13.8 Å². The van der Waals surface area contributed by atoms with Crippen molar-refractivity contribution in [3.05, 3.63) is 29.8 Å². The number of rotatable bonds is 9. The number of carbonyl (C=O) groups is 4. The molecule has 0 aliphatic carbocycles. The molecular formula is C26H39N3O7. The van der Waals surface area contributed by atoms with E-state index in [0.29, 0.717) is 25.8 Å². The number of likely N-dealkylation sites (tertiary alicyclic amines) is 1. The second kappa shape index (κ2) is 12.6. The van der Waals surface area contributed by atoms with Gasteiger partial charge < -0.3 is 30.1 Å². The van der Waals surface area contributed by atoms with Gasteiger partial charge in [-0.1, -0.05) is 32.4 Å². The number of hydrogen-bond acceptors (Lipinski definition) is 7. The van der Waals surface area contributed by atoms with Crippen molar-refractivity contribution in [2.45, 2.75) is 84.0 Å². The zero-order chi connectivity index (χ0) is 27.0. The van der Waals surface area contributed by atoms with Crippen molar-refractivity contribution in [2.75, 3.05) is 13.7 Å². The molecule has 3 amide bonds. The molecule has 1 fully saturated rings. The van der Waals surface area contributed by atoms with Crippen LogP contribution in [-0.2, 0) is 30.3 Å². The summed E-state index contributed by atoms with van der Waals surface area (Å²) < 4.78 is 10.2. The Balaban J connectivity index is 2.16. The number of amides is 3. The zero-order valence-electron chi connectivity index (χ0n) is 22.0. The summed E-state index contributed by atoms with van der Waals surface area (Å²) in [6, 6.07) is 3.70. The Morgan fingerprint density at radius 2 is 1.78 bits per heavy atom. The van der Waals surface area contributed by atoms with Crippen LogP contribution in [0.25, 0.3) is 0 Å².